The van der Waals surface area contributed by atoms with Gasteiger partial charge in [-0.1, -0.05) is 24.3 Å². The van der Waals surface area contributed by atoms with Crippen LogP contribution in [0.1, 0.15) is 36.7 Å². The van der Waals surface area contributed by atoms with E-state index in [0.29, 0.717) is 5.82 Å². The molecule has 1 aliphatic heterocycles. The van der Waals surface area contributed by atoms with Crippen molar-refractivity contribution in [3.8, 4) is 0 Å². The topological polar surface area (TPSA) is 72.8 Å². The zero-order chi connectivity index (χ0) is 18.6. The van der Waals surface area contributed by atoms with Crippen LogP contribution < -0.4 is 4.90 Å². The molecule has 132 valence electrons. The summed E-state index contributed by atoms with van der Waals surface area (Å²) in [6.45, 7) is 7.80. The predicted molar refractivity (Wildman–Crippen MR) is 104 cm³/mol. The van der Waals surface area contributed by atoms with Crippen molar-refractivity contribution in [1.29, 1.82) is 5.41 Å². The van der Waals surface area contributed by atoms with Crippen molar-refractivity contribution < 1.29 is 4.79 Å². The van der Waals surface area contributed by atoms with Crippen LogP contribution in [0.3, 0.4) is 0 Å². The lowest BCUT2D eigenvalue weighted by molar-refractivity contribution is -0.121. The highest BCUT2D eigenvalue weighted by Crippen LogP contribution is 2.41. The second-order valence-electron chi connectivity index (χ2n) is 7.51. The molecule has 0 aliphatic carbocycles. The van der Waals surface area contributed by atoms with Gasteiger partial charge in [-0.2, -0.15) is 0 Å². The number of nitrogens with one attached hydrogen (secondary N) is 2. The van der Waals surface area contributed by atoms with E-state index < -0.39 is 11.5 Å². The molecule has 1 aromatic heterocycles. The number of rotatable bonds is 2. The SMILES string of the molecule is Cc1ccc(C)c(N2C(=N)C(c3nc4ccccc4[nH]3)C(=O)C2(C)C)c1. The molecule has 0 amide bonds. The van der Waals surface area contributed by atoms with Crippen molar-refractivity contribution in [2.45, 2.75) is 39.2 Å². The summed E-state index contributed by atoms with van der Waals surface area (Å²) in [5.41, 5.74) is 3.95. The van der Waals surface area contributed by atoms with E-state index in [4.69, 9.17) is 5.41 Å². The van der Waals surface area contributed by atoms with Crippen LogP contribution in [0.2, 0.25) is 0 Å². The zero-order valence-corrected chi connectivity index (χ0v) is 15.4. The van der Waals surface area contributed by atoms with Gasteiger partial charge in [0.25, 0.3) is 0 Å². The van der Waals surface area contributed by atoms with Gasteiger partial charge in [-0.3, -0.25) is 10.2 Å². The minimum absolute atomic E-state index is 0.0116. The number of aromatic nitrogens is 2. The molecule has 2 aromatic carbocycles. The summed E-state index contributed by atoms with van der Waals surface area (Å²) in [5, 5.41) is 8.81. The lowest BCUT2D eigenvalue weighted by atomic mass is 9.93. The van der Waals surface area contributed by atoms with Crippen LogP contribution in [-0.2, 0) is 4.79 Å². The fourth-order valence-electron chi connectivity index (χ4n) is 3.77. The molecule has 1 aliphatic rings. The van der Waals surface area contributed by atoms with Crippen molar-refractivity contribution in [2.24, 2.45) is 0 Å². The molecule has 5 heteroatoms. The molecule has 1 atom stereocenters. The van der Waals surface area contributed by atoms with E-state index in [9.17, 15) is 4.79 Å². The second-order valence-corrected chi connectivity index (χ2v) is 7.51. The largest absolute Gasteiger partial charge is 0.341 e. The Bertz CT molecular complexity index is 1010. The van der Waals surface area contributed by atoms with E-state index in [1.165, 1.54) is 0 Å². The first-order valence-corrected chi connectivity index (χ1v) is 8.75. The molecule has 0 radical (unpaired) electrons. The van der Waals surface area contributed by atoms with Crippen LogP contribution in [0.5, 0.6) is 0 Å². The number of imidazole rings is 1. The third kappa shape index (κ3) is 2.27. The molecule has 1 unspecified atom stereocenters. The highest BCUT2D eigenvalue weighted by molar-refractivity contribution is 6.26. The highest BCUT2D eigenvalue weighted by atomic mass is 16.1. The number of Topliss-reactive ketones (excluding diaryl/α,β-unsaturated/α-hetero) is 1. The highest BCUT2D eigenvalue weighted by Gasteiger charge is 2.53. The summed E-state index contributed by atoms with van der Waals surface area (Å²) in [6, 6.07) is 13.8. The van der Waals surface area contributed by atoms with E-state index in [2.05, 4.69) is 9.97 Å². The average Bonchev–Trinajstić information content (AvgIpc) is 3.07. The molecule has 2 N–H and O–H groups in total. The number of hydrogen-bond donors (Lipinski definition) is 2. The summed E-state index contributed by atoms with van der Waals surface area (Å²) in [6.07, 6.45) is 0. The van der Waals surface area contributed by atoms with Gasteiger partial charge in [0.1, 0.15) is 23.1 Å². The van der Waals surface area contributed by atoms with E-state index in [-0.39, 0.29) is 11.6 Å². The van der Waals surface area contributed by atoms with E-state index in [1.807, 2.05) is 75.1 Å². The maximum atomic E-state index is 13.3. The fourth-order valence-corrected chi connectivity index (χ4v) is 3.77. The molecule has 0 saturated carbocycles. The van der Waals surface area contributed by atoms with E-state index in [0.717, 1.165) is 27.8 Å². The standard InChI is InChI=1S/C21H22N4O/c1-12-9-10-13(2)16(11-12)25-19(22)17(18(26)21(25,3)4)20-23-14-7-5-6-8-15(14)24-20/h5-11,17,22H,1-4H3,(H,23,24). The Morgan fingerprint density at radius 1 is 1.15 bits per heavy atom. The number of benzene rings is 2. The van der Waals surface area contributed by atoms with Crippen LogP contribution in [-0.4, -0.2) is 27.1 Å². The molecule has 26 heavy (non-hydrogen) atoms. The Morgan fingerprint density at radius 2 is 1.88 bits per heavy atom. The predicted octanol–water partition coefficient (Wildman–Crippen LogP) is 4.11. The Hall–Kier alpha value is -2.95. The minimum atomic E-state index is -0.806. The van der Waals surface area contributed by atoms with Gasteiger partial charge >= 0.3 is 0 Å². The molecule has 5 nitrogen and oxygen atoms in total. The number of aryl methyl sites for hydroxylation is 2. The number of para-hydroxylation sites is 2. The average molecular weight is 346 g/mol. The number of H-pyrrole nitrogens is 1. The lowest BCUT2D eigenvalue weighted by Gasteiger charge is -2.32. The van der Waals surface area contributed by atoms with Crippen LogP contribution in [0.15, 0.2) is 42.5 Å². The molecule has 4 rings (SSSR count). The normalized spacial score (nSPS) is 19.5. The first-order chi connectivity index (χ1) is 12.3. The van der Waals surface area contributed by atoms with E-state index in [1.54, 1.807) is 0 Å². The number of carbonyl (C=O) groups is 1. The van der Waals surface area contributed by atoms with Crippen LogP contribution in [0, 0.1) is 19.3 Å². The molecule has 0 bridgehead atoms. The Morgan fingerprint density at radius 3 is 2.62 bits per heavy atom. The quantitative estimate of drug-likeness (QED) is 0.733. The van der Waals surface area contributed by atoms with Gasteiger partial charge in [0.15, 0.2) is 5.78 Å². The number of nitrogens with zero attached hydrogens (tertiary/aromatic N) is 2. The number of anilines is 1. The summed E-state index contributed by atoms with van der Waals surface area (Å²) < 4.78 is 0. The van der Waals surface area contributed by atoms with Gasteiger partial charge in [0.2, 0.25) is 0 Å². The molecule has 2 heterocycles. The Kier molecular flexibility index (Phi) is 3.51. The number of amidine groups is 1. The number of hydrogen-bond acceptors (Lipinski definition) is 3. The number of ketones is 1. The summed E-state index contributed by atoms with van der Waals surface area (Å²) >= 11 is 0. The third-order valence-corrected chi connectivity index (χ3v) is 5.23. The van der Waals surface area contributed by atoms with Gasteiger partial charge in [-0.15, -0.1) is 0 Å². The van der Waals surface area contributed by atoms with Crippen molar-refractivity contribution in [3.05, 3.63) is 59.4 Å². The van der Waals surface area contributed by atoms with Crippen molar-refractivity contribution >= 4 is 28.3 Å². The molecule has 3 aromatic rings. The van der Waals surface area contributed by atoms with Crippen molar-refractivity contribution in [3.63, 3.8) is 0 Å². The third-order valence-electron chi connectivity index (χ3n) is 5.23. The maximum absolute atomic E-state index is 13.3. The van der Waals surface area contributed by atoms with Crippen LogP contribution in [0.25, 0.3) is 11.0 Å². The first-order valence-electron chi connectivity index (χ1n) is 8.75. The van der Waals surface area contributed by atoms with Crippen LogP contribution in [0.4, 0.5) is 5.69 Å². The number of fused-ring (bicyclic) bond motifs is 1. The zero-order valence-electron chi connectivity index (χ0n) is 15.4. The summed E-state index contributed by atoms with van der Waals surface area (Å²) in [4.78, 5) is 22.9. The molecular weight excluding hydrogens is 324 g/mol. The van der Waals surface area contributed by atoms with Gasteiger partial charge in [0.05, 0.1) is 11.0 Å². The van der Waals surface area contributed by atoms with E-state index >= 15 is 0 Å². The Labute approximate surface area is 152 Å². The van der Waals surface area contributed by atoms with Gasteiger partial charge in [0, 0.05) is 5.69 Å². The molecule has 0 spiro atoms. The second kappa shape index (κ2) is 5.53. The molecule has 1 fully saturated rings. The number of aromatic amines is 1. The number of carbonyl (C=O) groups excluding carboxylic acids is 1. The monoisotopic (exact) mass is 346 g/mol. The smallest absolute Gasteiger partial charge is 0.176 e. The summed E-state index contributed by atoms with van der Waals surface area (Å²) in [7, 11) is 0. The van der Waals surface area contributed by atoms with Gasteiger partial charge in [-0.05, 0) is 57.0 Å². The lowest BCUT2D eigenvalue weighted by Crippen LogP contribution is -2.44. The summed E-state index contributed by atoms with van der Waals surface area (Å²) in [5.74, 6) is 0.120. The molecule has 1 saturated heterocycles. The van der Waals surface area contributed by atoms with Crippen molar-refractivity contribution in [2.75, 3.05) is 4.90 Å². The first kappa shape index (κ1) is 16.5. The van der Waals surface area contributed by atoms with Gasteiger partial charge < -0.3 is 9.88 Å². The maximum Gasteiger partial charge on any atom is 0.176 e. The van der Waals surface area contributed by atoms with Gasteiger partial charge in [-0.25, -0.2) is 4.98 Å². The Balaban J connectivity index is 1.85. The minimum Gasteiger partial charge on any atom is -0.341 e. The van der Waals surface area contributed by atoms with Crippen molar-refractivity contribution in [1.82, 2.24) is 9.97 Å². The fraction of sp³-hybridized carbons (Fsp3) is 0.286. The van der Waals surface area contributed by atoms with Crippen LogP contribution >= 0.6 is 0 Å². The molecular formula is C21H22N4O.